The fourth-order valence-corrected chi connectivity index (χ4v) is 3.98. The van der Waals surface area contributed by atoms with E-state index in [1.54, 1.807) is 0 Å². The van der Waals surface area contributed by atoms with Crippen molar-refractivity contribution in [2.75, 3.05) is 38.6 Å². The number of nitrogens with zero attached hydrogens (tertiary/aromatic N) is 4. The summed E-state index contributed by atoms with van der Waals surface area (Å²) < 4.78 is 1.97. The van der Waals surface area contributed by atoms with Gasteiger partial charge in [-0.25, -0.2) is 0 Å². The van der Waals surface area contributed by atoms with Gasteiger partial charge in [-0.2, -0.15) is 5.10 Å². The van der Waals surface area contributed by atoms with Crippen molar-refractivity contribution >= 4 is 5.82 Å². The normalized spacial score (nSPS) is 16.3. The van der Waals surface area contributed by atoms with Crippen LogP contribution < -0.4 is 10.2 Å². The third kappa shape index (κ3) is 4.05. The third-order valence-corrected chi connectivity index (χ3v) is 5.14. The highest BCUT2D eigenvalue weighted by molar-refractivity contribution is 5.48. The average Bonchev–Trinajstić information content (AvgIpc) is 3.20. The molecule has 0 spiro atoms. The Kier molecular flexibility index (Phi) is 5.76. The molecule has 2 aromatic rings. The van der Waals surface area contributed by atoms with Crippen molar-refractivity contribution in [1.29, 1.82) is 0 Å². The fourth-order valence-electron chi connectivity index (χ4n) is 3.98. The van der Waals surface area contributed by atoms with Crippen molar-refractivity contribution in [3.05, 3.63) is 47.2 Å². The number of nitrogens with one attached hydrogen (secondary N) is 1. The smallest absolute Gasteiger partial charge is 0.130 e. The van der Waals surface area contributed by atoms with Crippen LogP contribution in [0.1, 0.15) is 35.7 Å². The maximum atomic E-state index is 4.59. The van der Waals surface area contributed by atoms with E-state index in [9.17, 15) is 0 Å². The molecule has 1 fully saturated rings. The van der Waals surface area contributed by atoms with Crippen molar-refractivity contribution in [3.63, 3.8) is 0 Å². The Morgan fingerprint density at radius 2 is 1.84 bits per heavy atom. The SMILES string of the molecule is Cc1nn(C)c(N(C)C)c1CNC[C@@H](c1ccccc1)N1CCCC1. The number of likely N-dealkylation sites (tertiary alicyclic amines) is 1. The monoisotopic (exact) mass is 341 g/mol. The van der Waals surface area contributed by atoms with E-state index >= 15 is 0 Å². The summed E-state index contributed by atoms with van der Waals surface area (Å²) >= 11 is 0. The summed E-state index contributed by atoms with van der Waals surface area (Å²) in [5, 5.41) is 8.30. The van der Waals surface area contributed by atoms with Gasteiger partial charge in [-0.1, -0.05) is 30.3 Å². The molecule has 1 aromatic carbocycles. The van der Waals surface area contributed by atoms with E-state index in [4.69, 9.17) is 0 Å². The molecule has 0 amide bonds. The zero-order valence-electron chi connectivity index (χ0n) is 16.0. The van der Waals surface area contributed by atoms with Gasteiger partial charge in [0, 0.05) is 45.8 Å². The topological polar surface area (TPSA) is 36.3 Å². The fraction of sp³-hybridized carbons (Fsp3) is 0.550. The predicted molar refractivity (Wildman–Crippen MR) is 104 cm³/mol. The number of hydrogen-bond acceptors (Lipinski definition) is 4. The summed E-state index contributed by atoms with van der Waals surface area (Å²) in [7, 11) is 6.18. The summed E-state index contributed by atoms with van der Waals surface area (Å²) in [5.41, 5.74) is 3.81. The highest BCUT2D eigenvalue weighted by Crippen LogP contribution is 2.25. The minimum atomic E-state index is 0.448. The molecule has 1 aliphatic heterocycles. The molecule has 0 radical (unpaired) electrons. The van der Waals surface area contributed by atoms with E-state index < -0.39 is 0 Å². The van der Waals surface area contributed by atoms with E-state index in [1.807, 2.05) is 11.7 Å². The van der Waals surface area contributed by atoms with Gasteiger partial charge in [-0.05, 0) is 38.4 Å². The van der Waals surface area contributed by atoms with Crippen molar-refractivity contribution in [2.45, 2.75) is 32.4 Å². The van der Waals surface area contributed by atoms with Crippen LogP contribution in [0.25, 0.3) is 0 Å². The van der Waals surface area contributed by atoms with Crippen LogP contribution in [-0.4, -0.2) is 48.4 Å². The van der Waals surface area contributed by atoms with Crippen LogP contribution >= 0.6 is 0 Å². The predicted octanol–water partition coefficient (Wildman–Crippen LogP) is 2.72. The molecule has 2 heterocycles. The van der Waals surface area contributed by atoms with Crippen LogP contribution in [0.2, 0.25) is 0 Å². The van der Waals surface area contributed by atoms with Gasteiger partial charge < -0.3 is 10.2 Å². The summed E-state index contributed by atoms with van der Waals surface area (Å²) in [5.74, 6) is 1.18. The molecule has 5 heteroatoms. The standard InChI is InChI=1S/C20H31N5/c1-16-18(20(23(2)3)24(4)22-16)14-21-15-19(25-12-8-9-13-25)17-10-6-5-7-11-17/h5-7,10-11,19,21H,8-9,12-15H2,1-4H3/t19-/m0/s1. The average molecular weight is 342 g/mol. The molecular weight excluding hydrogens is 310 g/mol. The van der Waals surface area contributed by atoms with Gasteiger partial charge in [0.2, 0.25) is 0 Å². The Morgan fingerprint density at radius 3 is 2.48 bits per heavy atom. The van der Waals surface area contributed by atoms with E-state index in [1.165, 1.54) is 42.9 Å². The minimum absolute atomic E-state index is 0.448. The highest BCUT2D eigenvalue weighted by Gasteiger charge is 2.23. The molecule has 1 saturated heterocycles. The minimum Gasteiger partial charge on any atom is -0.363 e. The van der Waals surface area contributed by atoms with Crippen LogP contribution in [0.5, 0.6) is 0 Å². The molecule has 0 saturated carbocycles. The second-order valence-electron chi connectivity index (χ2n) is 7.21. The van der Waals surface area contributed by atoms with Gasteiger partial charge in [0.25, 0.3) is 0 Å². The van der Waals surface area contributed by atoms with Gasteiger partial charge >= 0.3 is 0 Å². The number of anilines is 1. The van der Waals surface area contributed by atoms with Crippen LogP contribution in [0.4, 0.5) is 5.82 Å². The van der Waals surface area contributed by atoms with Crippen LogP contribution in [-0.2, 0) is 13.6 Å². The van der Waals surface area contributed by atoms with Gasteiger partial charge in [-0.3, -0.25) is 9.58 Å². The van der Waals surface area contributed by atoms with Crippen molar-refractivity contribution < 1.29 is 0 Å². The first-order valence-corrected chi connectivity index (χ1v) is 9.27. The zero-order valence-corrected chi connectivity index (χ0v) is 16.0. The van der Waals surface area contributed by atoms with E-state index in [0.29, 0.717) is 6.04 Å². The molecular formula is C20H31N5. The molecule has 1 N–H and O–H groups in total. The second-order valence-corrected chi connectivity index (χ2v) is 7.21. The molecule has 1 atom stereocenters. The molecule has 5 nitrogen and oxygen atoms in total. The third-order valence-electron chi connectivity index (χ3n) is 5.14. The summed E-state index contributed by atoms with van der Waals surface area (Å²) in [4.78, 5) is 4.76. The lowest BCUT2D eigenvalue weighted by Gasteiger charge is -2.28. The largest absolute Gasteiger partial charge is 0.363 e. The van der Waals surface area contributed by atoms with Crippen LogP contribution in [0.15, 0.2) is 30.3 Å². The van der Waals surface area contributed by atoms with Gasteiger partial charge in [0.1, 0.15) is 5.82 Å². The van der Waals surface area contributed by atoms with Crippen molar-refractivity contribution in [1.82, 2.24) is 20.0 Å². The quantitative estimate of drug-likeness (QED) is 0.840. The van der Waals surface area contributed by atoms with Crippen LogP contribution in [0.3, 0.4) is 0 Å². The van der Waals surface area contributed by atoms with E-state index in [0.717, 1.165) is 18.8 Å². The Labute approximate surface area is 151 Å². The Bertz CT molecular complexity index is 671. The van der Waals surface area contributed by atoms with Crippen LogP contribution in [0, 0.1) is 6.92 Å². The molecule has 0 unspecified atom stereocenters. The van der Waals surface area contributed by atoms with Crippen molar-refractivity contribution in [2.24, 2.45) is 7.05 Å². The van der Waals surface area contributed by atoms with E-state index in [-0.39, 0.29) is 0 Å². The number of hydrogen-bond donors (Lipinski definition) is 1. The highest BCUT2D eigenvalue weighted by atomic mass is 15.4. The molecule has 0 aliphatic carbocycles. The molecule has 1 aromatic heterocycles. The number of aryl methyl sites for hydroxylation is 2. The molecule has 0 bridgehead atoms. The molecule has 136 valence electrons. The van der Waals surface area contributed by atoms with Gasteiger partial charge in [0.15, 0.2) is 0 Å². The Morgan fingerprint density at radius 1 is 1.16 bits per heavy atom. The number of benzene rings is 1. The molecule has 3 rings (SSSR count). The van der Waals surface area contributed by atoms with Gasteiger partial charge in [0.05, 0.1) is 5.69 Å². The first kappa shape index (κ1) is 18.0. The van der Waals surface area contributed by atoms with E-state index in [2.05, 4.69) is 71.6 Å². The first-order chi connectivity index (χ1) is 12.1. The van der Waals surface area contributed by atoms with Crippen molar-refractivity contribution in [3.8, 4) is 0 Å². The second kappa shape index (κ2) is 8.02. The summed E-state index contributed by atoms with van der Waals surface area (Å²) in [6.07, 6.45) is 2.63. The lowest BCUT2D eigenvalue weighted by molar-refractivity contribution is 0.238. The lowest BCUT2D eigenvalue weighted by Crippen LogP contribution is -2.34. The molecule has 25 heavy (non-hydrogen) atoms. The van der Waals surface area contributed by atoms with Gasteiger partial charge in [-0.15, -0.1) is 0 Å². The number of aromatic nitrogens is 2. The number of rotatable bonds is 7. The summed E-state index contributed by atoms with van der Waals surface area (Å²) in [6.45, 7) is 6.32. The zero-order chi connectivity index (χ0) is 17.8. The maximum absolute atomic E-state index is 4.59. The summed E-state index contributed by atoms with van der Waals surface area (Å²) in [6, 6.07) is 11.3. The lowest BCUT2D eigenvalue weighted by atomic mass is 10.1. The Balaban J connectivity index is 1.70. The Hall–Kier alpha value is -1.85. The maximum Gasteiger partial charge on any atom is 0.130 e. The first-order valence-electron chi connectivity index (χ1n) is 9.27. The molecule has 1 aliphatic rings.